The number of phenolic OH excluding ortho intramolecular Hbond substituents is 2. The fourth-order valence-electron chi connectivity index (χ4n) is 2.03. The predicted octanol–water partition coefficient (Wildman–Crippen LogP) is 2.75. The molecule has 0 aliphatic heterocycles. The Kier molecular flexibility index (Phi) is 2.23. The highest BCUT2D eigenvalue weighted by Gasteiger charge is 2.09. The van der Waals surface area contributed by atoms with E-state index in [4.69, 9.17) is 0 Å². The molecule has 2 aromatic carbocycles. The van der Waals surface area contributed by atoms with Crippen LogP contribution in [0.2, 0.25) is 0 Å². The average molecular weight is 240 g/mol. The largest absolute Gasteiger partial charge is 0.508 e. The van der Waals surface area contributed by atoms with Crippen molar-refractivity contribution in [1.82, 2.24) is 9.78 Å². The van der Waals surface area contributed by atoms with Gasteiger partial charge in [-0.1, -0.05) is 11.6 Å². The molecule has 3 rings (SSSR count). The van der Waals surface area contributed by atoms with Gasteiger partial charge in [0.25, 0.3) is 0 Å². The molecular weight excluding hydrogens is 228 g/mol. The Morgan fingerprint density at radius 2 is 1.89 bits per heavy atom. The second-order valence-electron chi connectivity index (χ2n) is 4.29. The van der Waals surface area contributed by atoms with E-state index in [2.05, 4.69) is 5.10 Å². The Hall–Kier alpha value is -2.49. The van der Waals surface area contributed by atoms with E-state index in [-0.39, 0.29) is 11.5 Å². The minimum Gasteiger partial charge on any atom is -0.508 e. The molecule has 18 heavy (non-hydrogen) atoms. The molecule has 0 amide bonds. The fraction of sp³-hybridized carbons (Fsp3) is 0.0714. The number of aromatic hydroxyl groups is 2. The molecule has 0 spiro atoms. The lowest BCUT2D eigenvalue weighted by Crippen LogP contribution is -1.96. The van der Waals surface area contributed by atoms with E-state index in [1.54, 1.807) is 10.9 Å². The molecule has 1 aromatic heterocycles. The van der Waals surface area contributed by atoms with Crippen molar-refractivity contribution in [3.63, 3.8) is 0 Å². The van der Waals surface area contributed by atoms with E-state index in [1.807, 2.05) is 25.1 Å². The van der Waals surface area contributed by atoms with E-state index < -0.39 is 0 Å². The van der Waals surface area contributed by atoms with Crippen molar-refractivity contribution in [2.45, 2.75) is 6.92 Å². The molecule has 90 valence electrons. The molecule has 0 aliphatic carbocycles. The topological polar surface area (TPSA) is 58.3 Å². The van der Waals surface area contributed by atoms with Crippen molar-refractivity contribution < 1.29 is 10.2 Å². The summed E-state index contributed by atoms with van der Waals surface area (Å²) in [7, 11) is 0. The first kappa shape index (κ1) is 10.7. The molecule has 0 saturated carbocycles. The third-order valence-electron chi connectivity index (χ3n) is 2.91. The molecule has 0 aliphatic rings. The number of hydrogen-bond acceptors (Lipinski definition) is 3. The van der Waals surface area contributed by atoms with E-state index in [1.165, 1.54) is 18.2 Å². The molecule has 0 radical (unpaired) electrons. The molecule has 0 bridgehead atoms. The van der Waals surface area contributed by atoms with Gasteiger partial charge in [0.05, 0.1) is 11.7 Å². The van der Waals surface area contributed by atoms with Crippen LogP contribution in [0, 0.1) is 6.92 Å². The number of nitrogens with zero attached hydrogens (tertiary/aromatic N) is 2. The lowest BCUT2D eigenvalue weighted by atomic mass is 10.2. The summed E-state index contributed by atoms with van der Waals surface area (Å²) in [6.07, 6.45) is 1.74. The number of fused-ring (bicyclic) bond motifs is 1. The summed E-state index contributed by atoms with van der Waals surface area (Å²) in [6.45, 7) is 2.02. The first-order valence-electron chi connectivity index (χ1n) is 5.62. The first-order valence-corrected chi connectivity index (χ1v) is 5.62. The van der Waals surface area contributed by atoms with Gasteiger partial charge in [0.15, 0.2) is 0 Å². The molecule has 0 fully saturated rings. The van der Waals surface area contributed by atoms with Gasteiger partial charge in [0.1, 0.15) is 17.2 Å². The van der Waals surface area contributed by atoms with Gasteiger partial charge in [0, 0.05) is 11.5 Å². The van der Waals surface area contributed by atoms with E-state index >= 15 is 0 Å². The minimum absolute atomic E-state index is 0.0818. The standard InChI is InChI=1S/C14H12N2O2/c1-9-2-4-12-10(6-9)8-15-16(12)13-7-11(17)3-5-14(13)18/h2-8,17-18H,1H3. The maximum atomic E-state index is 9.85. The van der Waals surface area contributed by atoms with Crippen LogP contribution in [0.15, 0.2) is 42.6 Å². The van der Waals surface area contributed by atoms with E-state index in [9.17, 15) is 10.2 Å². The summed E-state index contributed by atoms with van der Waals surface area (Å²) in [4.78, 5) is 0. The Balaban J connectivity index is 2.28. The quantitative estimate of drug-likeness (QED) is 0.643. The zero-order valence-electron chi connectivity index (χ0n) is 9.83. The molecule has 0 saturated heterocycles. The van der Waals surface area contributed by atoms with Gasteiger partial charge in [-0.15, -0.1) is 0 Å². The van der Waals surface area contributed by atoms with Crippen LogP contribution in [-0.4, -0.2) is 20.0 Å². The number of aromatic nitrogens is 2. The second kappa shape index (κ2) is 3.77. The van der Waals surface area contributed by atoms with Crippen molar-refractivity contribution >= 4 is 10.9 Å². The third kappa shape index (κ3) is 1.59. The van der Waals surface area contributed by atoms with Crippen LogP contribution in [0.3, 0.4) is 0 Å². The number of hydrogen-bond donors (Lipinski definition) is 2. The fourth-order valence-corrected chi connectivity index (χ4v) is 2.03. The number of aryl methyl sites for hydroxylation is 1. The molecule has 2 N–H and O–H groups in total. The Morgan fingerprint density at radius 1 is 1.06 bits per heavy atom. The Morgan fingerprint density at radius 3 is 2.72 bits per heavy atom. The van der Waals surface area contributed by atoms with Crippen LogP contribution in [0.25, 0.3) is 16.6 Å². The second-order valence-corrected chi connectivity index (χ2v) is 4.29. The molecule has 4 heteroatoms. The summed E-state index contributed by atoms with van der Waals surface area (Å²) in [6, 6.07) is 10.3. The van der Waals surface area contributed by atoms with Crippen LogP contribution in [0.1, 0.15) is 5.56 Å². The van der Waals surface area contributed by atoms with Gasteiger partial charge in [-0.05, 0) is 31.2 Å². The van der Waals surface area contributed by atoms with Gasteiger partial charge < -0.3 is 10.2 Å². The lowest BCUT2D eigenvalue weighted by molar-refractivity contribution is 0.457. The van der Waals surface area contributed by atoms with E-state index in [0.29, 0.717) is 5.69 Å². The van der Waals surface area contributed by atoms with Gasteiger partial charge in [-0.3, -0.25) is 0 Å². The highest BCUT2D eigenvalue weighted by molar-refractivity contribution is 5.81. The monoisotopic (exact) mass is 240 g/mol. The average Bonchev–Trinajstić information content (AvgIpc) is 2.75. The zero-order valence-corrected chi connectivity index (χ0v) is 9.83. The maximum Gasteiger partial charge on any atom is 0.141 e. The normalized spacial score (nSPS) is 10.9. The predicted molar refractivity (Wildman–Crippen MR) is 69.1 cm³/mol. The number of benzene rings is 2. The summed E-state index contributed by atoms with van der Waals surface area (Å²) < 4.78 is 1.61. The van der Waals surface area contributed by atoms with Gasteiger partial charge in [0.2, 0.25) is 0 Å². The number of phenols is 2. The highest BCUT2D eigenvalue weighted by Crippen LogP contribution is 2.28. The number of rotatable bonds is 1. The van der Waals surface area contributed by atoms with Crippen molar-refractivity contribution in [3.05, 3.63) is 48.2 Å². The van der Waals surface area contributed by atoms with Crippen molar-refractivity contribution in [2.24, 2.45) is 0 Å². The molecule has 0 atom stereocenters. The molecule has 0 unspecified atom stereocenters. The van der Waals surface area contributed by atoms with Gasteiger partial charge in [-0.25, -0.2) is 4.68 Å². The first-order chi connectivity index (χ1) is 8.65. The van der Waals surface area contributed by atoms with Crippen LogP contribution >= 0.6 is 0 Å². The lowest BCUT2D eigenvalue weighted by Gasteiger charge is -2.06. The zero-order chi connectivity index (χ0) is 12.7. The third-order valence-corrected chi connectivity index (χ3v) is 2.91. The van der Waals surface area contributed by atoms with Crippen LogP contribution < -0.4 is 0 Å². The highest BCUT2D eigenvalue weighted by atomic mass is 16.3. The van der Waals surface area contributed by atoms with Crippen molar-refractivity contribution in [3.8, 4) is 17.2 Å². The van der Waals surface area contributed by atoms with Gasteiger partial charge in [-0.2, -0.15) is 5.10 Å². The minimum atomic E-state index is 0.0818. The van der Waals surface area contributed by atoms with Crippen LogP contribution in [0.4, 0.5) is 0 Å². The summed E-state index contributed by atoms with van der Waals surface area (Å²) in [5.74, 6) is 0.178. The molecule has 3 aromatic rings. The summed E-state index contributed by atoms with van der Waals surface area (Å²) in [5.41, 5.74) is 2.51. The summed E-state index contributed by atoms with van der Waals surface area (Å²) in [5, 5.41) is 24.6. The molecule has 1 heterocycles. The van der Waals surface area contributed by atoms with Crippen LogP contribution in [0.5, 0.6) is 11.5 Å². The van der Waals surface area contributed by atoms with E-state index in [0.717, 1.165) is 16.5 Å². The van der Waals surface area contributed by atoms with Crippen molar-refractivity contribution in [1.29, 1.82) is 0 Å². The van der Waals surface area contributed by atoms with Crippen LogP contribution in [-0.2, 0) is 0 Å². The van der Waals surface area contributed by atoms with Gasteiger partial charge >= 0.3 is 0 Å². The van der Waals surface area contributed by atoms with Crippen molar-refractivity contribution in [2.75, 3.05) is 0 Å². The molecular formula is C14H12N2O2. The SMILES string of the molecule is Cc1ccc2c(cnn2-c2cc(O)ccc2O)c1. The smallest absolute Gasteiger partial charge is 0.141 e. The Bertz CT molecular complexity index is 732. The molecule has 4 nitrogen and oxygen atoms in total. The maximum absolute atomic E-state index is 9.85. The Labute approximate surface area is 104 Å². The summed E-state index contributed by atoms with van der Waals surface area (Å²) >= 11 is 0.